The SMILES string of the molecule is CC(Oc1cccc(Cl)c1)C(=O)NNC(=O)c1cc(-c2ccccc2)n[nH]1. The van der Waals surface area contributed by atoms with Gasteiger partial charge in [0, 0.05) is 10.6 Å². The number of halogens is 1. The van der Waals surface area contributed by atoms with Crippen LogP contribution in [0.5, 0.6) is 5.75 Å². The molecule has 27 heavy (non-hydrogen) atoms. The quantitative estimate of drug-likeness (QED) is 0.589. The number of amides is 2. The van der Waals surface area contributed by atoms with Crippen LogP contribution in [-0.2, 0) is 4.79 Å². The van der Waals surface area contributed by atoms with Crippen LogP contribution in [0.25, 0.3) is 11.3 Å². The molecule has 3 N–H and O–H groups in total. The molecule has 3 aromatic rings. The second kappa shape index (κ2) is 8.37. The smallest absolute Gasteiger partial charge is 0.287 e. The first kappa shape index (κ1) is 18.5. The van der Waals surface area contributed by atoms with Crippen LogP contribution in [0, 0.1) is 0 Å². The zero-order valence-corrected chi connectivity index (χ0v) is 15.2. The number of nitrogens with one attached hydrogen (secondary N) is 3. The topological polar surface area (TPSA) is 96.1 Å². The van der Waals surface area contributed by atoms with Crippen LogP contribution in [0.2, 0.25) is 5.02 Å². The number of nitrogens with zero attached hydrogens (tertiary/aromatic N) is 1. The molecule has 0 fully saturated rings. The highest BCUT2D eigenvalue weighted by molar-refractivity contribution is 6.30. The molecule has 2 aromatic carbocycles. The van der Waals surface area contributed by atoms with Gasteiger partial charge in [0.25, 0.3) is 11.8 Å². The molecule has 0 aliphatic heterocycles. The van der Waals surface area contributed by atoms with Crippen LogP contribution in [0.1, 0.15) is 17.4 Å². The van der Waals surface area contributed by atoms with Crippen molar-refractivity contribution in [2.45, 2.75) is 13.0 Å². The maximum absolute atomic E-state index is 12.2. The number of rotatable bonds is 5. The summed E-state index contributed by atoms with van der Waals surface area (Å²) in [6.45, 7) is 1.56. The van der Waals surface area contributed by atoms with E-state index >= 15 is 0 Å². The number of hydrogen-bond acceptors (Lipinski definition) is 4. The predicted molar refractivity (Wildman–Crippen MR) is 101 cm³/mol. The molecule has 1 unspecified atom stereocenters. The molecule has 8 heteroatoms. The van der Waals surface area contributed by atoms with E-state index in [-0.39, 0.29) is 5.69 Å². The van der Waals surface area contributed by atoms with Crippen LogP contribution in [0.4, 0.5) is 0 Å². The Hall–Kier alpha value is -3.32. The average molecular weight is 385 g/mol. The molecular formula is C19H17ClN4O3. The summed E-state index contributed by atoms with van der Waals surface area (Å²) >= 11 is 5.88. The lowest BCUT2D eigenvalue weighted by Crippen LogP contribution is -2.47. The van der Waals surface area contributed by atoms with E-state index in [0.717, 1.165) is 5.56 Å². The molecule has 138 valence electrons. The molecule has 0 spiro atoms. The Morgan fingerprint density at radius 2 is 1.85 bits per heavy atom. The van der Waals surface area contributed by atoms with Gasteiger partial charge in [0.15, 0.2) is 6.10 Å². The second-order valence-electron chi connectivity index (χ2n) is 5.69. The van der Waals surface area contributed by atoms with E-state index in [4.69, 9.17) is 16.3 Å². The molecule has 1 heterocycles. The Balaban J connectivity index is 1.54. The van der Waals surface area contributed by atoms with Gasteiger partial charge in [-0.05, 0) is 31.2 Å². The first-order valence-corrected chi connectivity index (χ1v) is 8.54. The Morgan fingerprint density at radius 1 is 1.07 bits per heavy atom. The number of aromatic amines is 1. The van der Waals surface area contributed by atoms with Crippen molar-refractivity contribution in [3.8, 4) is 17.0 Å². The largest absolute Gasteiger partial charge is 0.481 e. The number of ether oxygens (including phenoxy) is 1. The highest BCUT2D eigenvalue weighted by Gasteiger charge is 2.17. The summed E-state index contributed by atoms with van der Waals surface area (Å²) in [5, 5.41) is 7.24. The zero-order chi connectivity index (χ0) is 19.2. The summed E-state index contributed by atoms with van der Waals surface area (Å²) in [5.74, 6) is -0.573. The van der Waals surface area contributed by atoms with Crippen LogP contribution in [0.3, 0.4) is 0 Å². The van der Waals surface area contributed by atoms with E-state index in [0.29, 0.717) is 16.5 Å². The van der Waals surface area contributed by atoms with Gasteiger partial charge in [0.2, 0.25) is 0 Å². The number of carbonyl (C=O) groups excluding carboxylic acids is 2. The number of aromatic nitrogens is 2. The number of hydrazine groups is 1. The van der Waals surface area contributed by atoms with Crippen molar-refractivity contribution in [2.24, 2.45) is 0 Å². The summed E-state index contributed by atoms with van der Waals surface area (Å²) in [5.41, 5.74) is 6.37. The fraction of sp³-hybridized carbons (Fsp3) is 0.105. The minimum Gasteiger partial charge on any atom is -0.481 e. The van der Waals surface area contributed by atoms with E-state index in [9.17, 15) is 9.59 Å². The summed E-state index contributed by atoms with van der Waals surface area (Å²) in [7, 11) is 0. The molecule has 3 rings (SSSR count). The third kappa shape index (κ3) is 4.86. The van der Waals surface area contributed by atoms with E-state index in [2.05, 4.69) is 21.0 Å². The first-order valence-electron chi connectivity index (χ1n) is 8.16. The molecule has 2 amide bonds. The summed E-state index contributed by atoms with van der Waals surface area (Å²) < 4.78 is 5.49. The minimum absolute atomic E-state index is 0.220. The number of H-pyrrole nitrogens is 1. The van der Waals surface area contributed by atoms with Crippen molar-refractivity contribution in [1.82, 2.24) is 21.0 Å². The van der Waals surface area contributed by atoms with Crippen molar-refractivity contribution < 1.29 is 14.3 Å². The number of hydrogen-bond donors (Lipinski definition) is 3. The number of carbonyl (C=O) groups is 2. The molecule has 0 aliphatic carbocycles. The average Bonchev–Trinajstić information content (AvgIpc) is 3.17. The molecule has 7 nitrogen and oxygen atoms in total. The van der Waals surface area contributed by atoms with Crippen molar-refractivity contribution in [3.63, 3.8) is 0 Å². The lowest BCUT2D eigenvalue weighted by atomic mass is 10.1. The Kier molecular flexibility index (Phi) is 5.73. The minimum atomic E-state index is -0.828. The molecule has 0 saturated heterocycles. The van der Waals surface area contributed by atoms with E-state index in [1.165, 1.54) is 0 Å². The molecule has 0 radical (unpaired) electrons. The highest BCUT2D eigenvalue weighted by atomic mass is 35.5. The normalized spacial score (nSPS) is 11.5. The van der Waals surface area contributed by atoms with Gasteiger partial charge >= 0.3 is 0 Å². The van der Waals surface area contributed by atoms with E-state index in [1.54, 1.807) is 37.3 Å². The third-order valence-corrected chi connectivity index (χ3v) is 3.90. The number of benzene rings is 2. The van der Waals surface area contributed by atoms with Gasteiger partial charge in [-0.15, -0.1) is 0 Å². The first-order chi connectivity index (χ1) is 13.0. The van der Waals surface area contributed by atoms with E-state index in [1.807, 2.05) is 30.3 Å². The van der Waals surface area contributed by atoms with Crippen molar-refractivity contribution in [1.29, 1.82) is 0 Å². The van der Waals surface area contributed by atoms with Gasteiger partial charge in [-0.3, -0.25) is 25.5 Å². The van der Waals surface area contributed by atoms with Crippen molar-refractivity contribution in [2.75, 3.05) is 0 Å². The lowest BCUT2D eigenvalue weighted by Gasteiger charge is -2.15. The molecule has 0 aliphatic rings. The Bertz CT molecular complexity index is 943. The Labute approximate surface area is 160 Å². The molecule has 0 saturated carbocycles. The van der Waals surface area contributed by atoms with Crippen LogP contribution < -0.4 is 15.6 Å². The van der Waals surface area contributed by atoms with Gasteiger partial charge in [-0.25, -0.2) is 0 Å². The van der Waals surface area contributed by atoms with E-state index < -0.39 is 17.9 Å². The van der Waals surface area contributed by atoms with Gasteiger partial charge in [0.1, 0.15) is 11.4 Å². The van der Waals surface area contributed by atoms with Gasteiger partial charge < -0.3 is 4.74 Å². The fourth-order valence-electron chi connectivity index (χ4n) is 2.28. The third-order valence-electron chi connectivity index (χ3n) is 3.67. The fourth-order valence-corrected chi connectivity index (χ4v) is 2.46. The summed E-state index contributed by atoms with van der Waals surface area (Å²) in [4.78, 5) is 24.2. The van der Waals surface area contributed by atoms with Gasteiger partial charge in [-0.2, -0.15) is 5.10 Å². The van der Waals surface area contributed by atoms with Crippen molar-refractivity contribution in [3.05, 3.63) is 71.4 Å². The predicted octanol–water partition coefficient (Wildman–Crippen LogP) is 2.96. The summed E-state index contributed by atoms with van der Waals surface area (Å²) in [6, 6.07) is 17.7. The summed E-state index contributed by atoms with van der Waals surface area (Å²) in [6.07, 6.45) is -0.828. The molecule has 0 bridgehead atoms. The highest BCUT2D eigenvalue weighted by Crippen LogP contribution is 2.18. The van der Waals surface area contributed by atoms with Gasteiger partial charge in [0.05, 0.1) is 5.69 Å². The van der Waals surface area contributed by atoms with Crippen LogP contribution >= 0.6 is 11.6 Å². The Morgan fingerprint density at radius 3 is 2.59 bits per heavy atom. The molecule has 1 aromatic heterocycles. The van der Waals surface area contributed by atoms with Gasteiger partial charge in [-0.1, -0.05) is 48.0 Å². The molecule has 1 atom stereocenters. The maximum Gasteiger partial charge on any atom is 0.287 e. The standard InChI is InChI=1S/C19H17ClN4O3/c1-12(27-15-9-5-8-14(20)10-15)18(25)23-24-19(26)17-11-16(21-22-17)13-6-3-2-4-7-13/h2-12H,1H3,(H,21,22)(H,23,25)(H,24,26). The van der Waals surface area contributed by atoms with Crippen LogP contribution in [0.15, 0.2) is 60.7 Å². The second-order valence-corrected chi connectivity index (χ2v) is 6.13. The van der Waals surface area contributed by atoms with Crippen molar-refractivity contribution >= 4 is 23.4 Å². The van der Waals surface area contributed by atoms with Crippen LogP contribution in [-0.4, -0.2) is 28.1 Å². The maximum atomic E-state index is 12.2. The molecular weight excluding hydrogens is 368 g/mol. The lowest BCUT2D eigenvalue weighted by molar-refractivity contribution is -0.128. The zero-order valence-electron chi connectivity index (χ0n) is 14.4. The monoisotopic (exact) mass is 384 g/mol.